The number of amides is 2. The molecule has 0 aliphatic carbocycles. The zero-order valence-electron chi connectivity index (χ0n) is 7.82. The predicted octanol–water partition coefficient (Wildman–Crippen LogP) is 1.34. The smallest absolute Gasteiger partial charge is 0.343 e. The highest BCUT2D eigenvalue weighted by atomic mass is 16.8. The molecule has 1 rings (SSSR count). The van der Waals surface area contributed by atoms with Crippen LogP contribution in [0.3, 0.4) is 0 Å². The average molecular weight is 196 g/mol. The van der Waals surface area contributed by atoms with Crippen molar-refractivity contribution in [2.24, 2.45) is 0 Å². The number of nitrogens with one attached hydrogen (secondary N) is 2. The minimum Gasteiger partial charge on any atom is -0.356 e. The fourth-order valence-corrected chi connectivity index (χ4v) is 0.832. The Morgan fingerprint density at radius 3 is 2.71 bits per heavy atom. The summed E-state index contributed by atoms with van der Waals surface area (Å²) in [6, 6.07) is 8.63. The van der Waals surface area contributed by atoms with Gasteiger partial charge in [-0.1, -0.05) is 18.2 Å². The lowest BCUT2D eigenvalue weighted by Gasteiger charge is -2.06. The van der Waals surface area contributed by atoms with Crippen LogP contribution in [-0.4, -0.2) is 19.9 Å². The SMILES string of the molecule is COCONC(=O)Nc1ccccc1. The van der Waals surface area contributed by atoms with Crippen molar-refractivity contribution in [1.82, 2.24) is 5.48 Å². The van der Waals surface area contributed by atoms with E-state index in [1.807, 2.05) is 18.2 Å². The van der Waals surface area contributed by atoms with Crippen LogP contribution in [0.1, 0.15) is 0 Å². The van der Waals surface area contributed by atoms with E-state index in [4.69, 9.17) is 0 Å². The monoisotopic (exact) mass is 196 g/mol. The quantitative estimate of drug-likeness (QED) is 0.434. The fraction of sp³-hybridized carbons (Fsp3) is 0.222. The number of para-hydroxylation sites is 1. The lowest BCUT2D eigenvalue weighted by Crippen LogP contribution is -2.29. The molecule has 5 nitrogen and oxygen atoms in total. The number of carbonyl (C=O) groups excluding carboxylic acids is 1. The maximum Gasteiger partial charge on any atom is 0.343 e. The lowest BCUT2D eigenvalue weighted by atomic mass is 10.3. The molecule has 0 aliphatic rings. The molecule has 0 radical (unpaired) electrons. The predicted molar refractivity (Wildman–Crippen MR) is 51.6 cm³/mol. The van der Waals surface area contributed by atoms with E-state index in [9.17, 15) is 4.79 Å². The molecule has 0 heterocycles. The molecule has 0 atom stereocenters. The summed E-state index contributed by atoms with van der Waals surface area (Å²) in [4.78, 5) is 15.7. The Morgan fingerprint density at radius 1 is 1.36 bits per heavy atom. The van der Waals surface area contributed by atoms with Crippen LogP contribution < -0.4 is 10.8 Å². The van der Waals surface area contributed by atoms with E-state index in [-0.39, 0.29) is 6.79 Å². The third-order valence-corrected chi connectivity index (χ3v) is 1.37. The van der Waals surface area contributed by atoms with Crippen LogP contribution in [0.4, 0.5) is 10.5 Å². The van der Waals surface area contributed by atoms with Crippen molar-refractivity contribution in [2.45, 2.75) is 0 Å². The van der Waals surface area contributed by atoms with E-state index < -0.39 is 6.03 Å². The van der Waals surface area contributed by atoms with Gasteiger partial charge in [-0.15, -0.1) is 0 Å². The van der Waals surface area contributed by atoms with Crippen LogP contribution in [0, 0.1) is 0 Å². The first kappa shape index (κ1) is 10.5. The summed E-state index contributed by atoms with van der Waals surface area (Å²) in [6.07, 6.45) is 0. The first-order valence-corrected chi connectivity index (χ1v) is 4.05. The van der Waals surface area contributed by atoms with Gasteiger partial charge in [-0.3, -0.25) is 0 Å². The van der Waals surface area contributed by atoms with Crippen molar-refractivity contribution >= 4 is 11.7 Å². The molecule has 0 bridgehead atoms. The van der Waals surface area contributed by atoms with Gasteiger partial charge in [-0.25, -0.2) is 15.1 Å². The van der Waals surface area contributed by atoms with Gasteiger partial charge in [0.2, 0.25) is 0 Å². The van der Waals surface area contributed by atoms with Crippen LogP contribution >= 0.6 is 0 Å². The van der Waals surface area contributed by atoms with Gasteiger partial charge in [0, 0.05) is 12.8 Å². The third kappa shape index (κ3) is 3.88. The number of hydroxylamine groups is 1. The second-order valence-electron chi connectivity index (χ2n) is 2.47. The van der Waals surface area contributed by atoms with E-state index in [1.54, 1.807) is 12.1 Å². The Hall–Kier alpha value is -1.59. The first-order valence-electron chi connectivity index (χ1n) is 4.05. The number of anilines is 1. The molecule has 76 valence electrons. The Morgan fingerprint density at radius 2 is 2.07 bits per heavy atom. The molecule has 2 amide bonds. The van der Waals surface area contributed by atoms with E-state index in [2.05, 4.69) is 20.4 Å². The number of hydrogen-bond acceptors (Lipinski definition) is 3. The van der Waals surface area contributed by atoms with Crippen LogP contribution in [-0.2, 0) is 9.57 Å². The first-order chi connectivity index (χ1) is 6.83. The van der Waals surface area contributed by atoms with Crippen LogP contribution in [0.25, 0.3) is 0 Å². The second-order valence-corrected chi connectivity index (χ2v) is 2.47. The fourth-order valence-electron chi connectivity index (χ4n) is 0.832. The average Bonchev–Trinajstić information content (AvgIpc) is 2.20. The zero-order valence-corrected chi connectivity index (χ0v) is 7.82. The highest BCUT2D eigenvalue weighted by Gasteiger charge is 1.99. The summed E-state index contributed by atoms with van der Waals surface area (Å²) < 4.78 is 4.58. The van der Waals surface area contributed by atoms with Gasteiger partial charge in [0.25, 0.3) is 0 Å². The summed E-state index contributed by atoms with van der Waals surface area (Å²) in [5.41, 5.74) is 2.86. The molecule has 1 aromatic rings. The van der Waals surface area contributed by atoms with Crippen molar-refractivity contribution in [3.05, 3.63) is 30.3 Å². The number of carbonyl (C=O) groups is 1. The van der Waals surface area contributed by atoms with E-state index >= 15 is 0 Å². The van der Waals surface area contributed by atoms with Crippen molar-refractivity contribution in [3.8, 4) is 0 Å². The van der Waals surface area contributed by atoms with E-state index in [0.717, 1.165) is 0 Å². The molecular weight excluding hydrogens is 184 g/mol. The molecular formula is C9H12N2O3. The summed E-state index contributed by atoms with van der Waals surface area (Å²) in [7, 11) is 1.47. The Balaban J connectivity index is 2.27. The molecule has 0 spiro atoms. The highest BCUT2D eigenvalue weighted by molar-refractivity contribution is 5.88. The number of rotatable bonds is 4. The number of ether oxygens (including phenoxy) is 1. The van der Waals surface area contributed by atoms with Crippen LogP contribution in [0.5, 0.6) is 0 Å². The molecule has 0 saturated carbocycles. The third-order valence-electron chi connectivity index (χ3n) is 1.37. The van der Waals surface area contributed by atoms with Gasteiger partial charge in [-0.05, 0) is 12.1 Å². The van der Waals surface area contributed by atoms with Gasteiger partial charge in [-0.2, -0.15) is 0 Å². The summed E-state index contributed by atoms with van der Waals surface area (Å²) in [5.74, 6) is 0. The van der Waals surface area contributed by atoms with Gasteiger partial charge in [0.1, 0.15) is 0 Å². The van der Waals surface area contributed by atoms with Crippen molar-refractivity contribution < 1.29 is 14.4 Å². The number of hydrogen-bond donors (Lipinski definition) is 2. The zero-order chi connectivity index (χ0) is 10.2. The van der Waals surface area contributed by atoms with Gasteiger partial charge < -0.3 is 10.1 Å². The molecule has 0 saturated heterocycles. The molecule has 0 aliphatic heterocycles. The van der Waals surface area contributed by atoms with Crippen LogP contribution in [0.15, 0.2) is 30.3 Å². The lowest BCUT2D eigenvalue weighted by molar-refractivity contribution is -0.0647. The minimum atomic E-state index is -0.437. The molecule has 0 unspecified atom stereocenters. The maximum absolute atomic E-state index is 11.1. The molecule has 14 heavy (non-hydrogen) atoms. The normalized spacial score (nSPS) is 9.50. The summed E-state index contributed by atoms with van der Waals surface area (Å²) >= 11 is 0. The molecule has 1 aromatic carbocycles. The highest BCUT2D eigenvalue weighted by Crippen LogP contribution is 2.03. The Labute approximate surface area is 82.0 Å². The molecule has 0 fully saturated rings. The number of benzene rings is 1. The van der Waals surface area contributed by atoms with E-state index in [1.165, 1.54) is 7.11 Å². The molecule has 5 heteroatoms. The van der Waals surface area contributed by atoms with Gasteiger partial charge in [0.15, 0.2) is 6.79 Å². The Bertz CT molecular complexity index is 277. The van der Waals surface area contributed by atoms with Gasteiger partial charge >= 0.3 is 6.03 Å². The second kappa shape index (κ2) is 5.95. The van der Waals surface area contributed by atoms with Gasteiger partial charge in [0.05, 0.1) is 0 Å². The minimum absolute atomic E-state index is 0.0161. The standard InChI is InChI=1S/C9H12N2O3/c1-13-7-14-11-9(12)10-8-5-3-2-4-6-8/h2-6H,7H2,1H3,(H2,10,11,12). The molecule has 2 N–H and O–H groups in total. The topological polar surface area (TPSA) is 59.6 Å². The van der Waals surface area contributed by atoms with Crippen LogP contribution in [0.2, 0.25) is 0 Å². The van der Waals surface area contributed by atoms with Crippen molar-refractivity contribution in [3.63, 3.8) is 0 Å². The summed E-state index contributed by atoms with van der Waals surface area (Å²) in [5, 5.41) is 2.57. The molecule has 0 aromatic heterocycles. The van der Waals surface area contributed by atoms with E-state index in [0.29, 0.717) is 5.69 Å². The maximum atomic E-state index is 11.1. The Kier molecular flexibility index (Phi) is 4.46. The largest absolute Gasteiger partial charge is 0.356 e. The number of urea groups is 1. The number of methoxy groups -OCH3 is 1. The summed E-state index contributed by atoms with van der Waals surface area (Å²) in [6.45, 7) is 0.0161. The van der Waals surface area contributed by atoms with Crippen molar-refractivity contribution in [2.75, 3.05) is 19.2 Å². The van der Waals surface area contributed by atoms with Crippen molar-refractivity contribution in [1.29, 1.82) is 0 Å².